The van der Waals surface area contributed by atoms with E-state index in [1.807, 2.05) is 6.92 Å². The third-order valence-electron chi connectivity index (χ3n) is 3.82. The molecule has 1 aliphatic rings. The van der Waals surface area contributed by atoms with Crippen molar-refractivity contribution < 1.29 is 5.11 Å². The van der Waals surface area contributed by atoms with E-state index in [1.54, 1.807) is 0 Å². The average molecular weight is 211 g/mol. The number of hydrogen-bond donors (Lipinski definition) is 1. The summed E-state index contributed by atoms with van der Waals surface area (Å²) in [5.74, 6) is 0. The molecule has 0 aromatic rings. The van der Waals surface area contributed by atoms with Crippen LogP contribution in [0.25, 0.3) is 0 Å². The van der Waals surface area contributed by atoms with Crippen LogP contribution in [-0.4, -0.2) is 35.7 Å². The van der Waals surface area contributed by atoms with Gasteiger partial charge >= 0.3 is 0 Å². The molecule has 0 amide bonds. The predicted octanol–water partition coefficient (Wildman–Crippen LogP) is 2.58. The van der Waals surface area contributed by atoms with Gasteiger partial charge in [0.15, 0.2) is 0 Å². The third kappa shape index (κ3) is 2.82. The third-order valence-corrected chi connectivity index (χ3v) is 3.82. The summed E-state index contributed by atoms with van der Waals surface area (Å²) in [4.78, 5) is 2.23. The zero-order valence-corrected chi connectivity index (χ0v) is 10.4. The SMILES string of the molecule is C=C(C)CCC(O)C1(N(C)C)CCCC1. The summed E-state index contributed by atoms with van der Waals surface area (Å²) in [5, 5.41) is 10.3. The second-order valence-corrected chi connectivity index (χ2v) is 5.22. The summed E-state index contributed by atoms with van der Waals surface area (Å²) < 4.78 is 0. The molecular weight excluding hydrogens is 186 g/mol. The lowest BCUT2D eigenvalue weighted by Gasteiger charge is -2.40. The first-order valence-electron chi connectivity index (χ1n) is 5.99. The quantitative estimate of drug-likeness (QED) is 0.707. The van der Waals surface area contributed by atoms with E-state index in [9.17, 15) is 5.11 Å². The summed E-state index contributed by atoms with van der Waals surface area (Å²) in [5.41, 5.74) is 1.20. The summed E-state index contributed by atoms with van der Waals surface area (Å²) >= 11 is 0. The smallest absolute Gasteiger partial charge is 0.0726 e. The van der Waals surface area contributed by atoms with Crippen molar-refractivity contribution in [1.82, 2.24) is 4.90 Å². The first-order chi connectivity index (χ1) is 6.99. The molecule has 1 atom stereocenters. The molecule has 0 radical (unpaired) electrons. The van der Waals surface area contributed by atoms with E-state index in [0.717, 1.165) is 25.7 Å². The fourth-order valence-electron chi connectivity index (χ4n) is 2.72. The number of aliphatic hydroxyl groups is 1. The Hall–Kier alpha value is -0.340. The van der Waals surface area contributed by atoms with E-state index in [0.29, 0.717) is 0 Å². The first-order valence-corrected chi connectivity index (χ1v) is 5.99. The van der Waals surface area contributed by atoms with Gasteiger partial charge in [-0.15, -0.1) is 6.58 Å². The van der Waals surface area contributed by atoms with Crippen LogP contribution in [0.15, 0.2) is 12.2 Å². The number of aliphatic hydroxyl groups excluding tert-OH is 1. The standard InChI is InChI=1S/C13H25NO/c1-11(2)7-8-12(15)13(14(3)4)9-5-6-10-13/h12,15H,1,5-10H2,2-4H3. The highest BCUT2D eigenvalue weighted by Gasteiger charge is 2.41. The molecule has 0 aromatic heterocycles. The molecule has 0 aliphatic heterocycles. The van der Waals surface area contributed by atoms with Crippen LogP contribution in [0.3, 0.4) is 0 Å². The number of likely N-dealkylation sites (N-methyl/N-ethyl adjacent to an activating group) is 1. The normalized spacial score (nSPS) is 21.9. The molecular formula is C13H25NO. The Morgan fingerprint density at radius 2 is 1.93 bits per heavy atom. The van der Waals surface area contributed by atoms with Gasteiger partial charge in [0.2, 0.25) is 0 Å². The summed E-state index contributed by atoms with van der Waals surface area (Å²) in [6, 6.07) is 0. The molecule has 0 bridgehead atoms. The van der Waals surface area contributed by atoms with E-state index in [4.69, 9.17) is 0 Å². The van der Waals surface area contributed by atoms with Crippen molar-refractivity contribution in [2.75, 3.05) is 14.1 Å². The van der Waals surface area contributed by atoms with Crippen LogP contribution < -0.4 is 0 Å². The minimum atomic E-state index is -0.202. The van der Waals surface area contributed by atoms with Crippen LogP contribution in [0.2, 0.25) is 0 Å². The zero-order chi connectivity index (χ0) is 11.5. The number of allylic oxidation sites excluding steroid dienone is 1. The van der Waals surface area contributed by atoms with E-state index >= 15 is 0 Å². The van der Waals surface area contributed by atoms with Crippen molar-refractivity contribution in [1.29, 1.82) is 0 Å². The Balaban J connectivity index is 2.59. The van der Waals surface area contributed by atoms with Gasteiger partial charge in [-0.05, 0) is 46.7 Å². The summed E-state index contributed by atoms with van der Waals surface area (Å²) in [6.07, 6.45) is 6.37. The number of hydrogen-bond acceptors (Lipinski definition) is 2. The predicted molar refractivity (Wildman–Crippen MR) is 64.9 cm³/mol. The van der Waals surface area contributed by atoms with Crippen molar-refractivity contribution in [2.45, 2.75) is 57.1 Å². The maximum Gasteiger partial charge on any atom is 0.0726 e. The lowest BCUT2D eigenvalue weighted by Crippen LogP contribution is -2.51. The topological polar surface area (TPSA) is 23.5 Å². The second kappa shape index (κ2) is 5.13. The molecule has 88 valence electrons. The molecule has 0 aromatic carbocycles. The van der Waals surface area contributed by atoms with Crippen LogP contribution in [0.4, 0.5) is 0 Å². The molecule has 0 heterocycles. The monoisotopic (exact) mass is 211 g/mol. The van der Waals surface area contributed by atoms with Crippen LogP contribution in [0, 0.1) is 0 Å². The molecule has 0 spiro atoms. The summed E-state index contributed by atoms with van der Waals surface area (Å²) in [7, 11) is 4.19. The molecule has 1 aliphatic carbocycles. The largest absolute Gasteiger partial charge is 0.391 e. The Morgan fingerprint density at radius 3 is 2.33 bits per heavy atom. The lowest BCUT2D eigenvalue weighted by molar-refractivity contribution is -0.00752. The highest BCUT2D eigenvalue weighted by Crippen LogP contribution is 2.38. The van der Waals surface area contributed by atoms with Gasteiger partial charge in [0.1, 0.15) is 0 Å². The molecule has 1 saturated carbocycles. The molecule has 1 rings (SSSR count). The van der Waals surface area contributed by atoms with Crippen LogP contribution in [-0.2, 0) is 0 Å². The van der Waals surface area contributed by atoms with Gasteiger partial charge in [-0.3, -0.25) is 0 Å². The number of rotatable bonds is 5. The molecule has 15 heavy (non-hydrogen) atoms. The van der Waals surface area contributed by atoms with Gasteiger partial charge in [-0.1, -0.05) is 18.4 Å². The van der Waals surface area contributed by atoms with E-state index in [2.05, 4.69) is 25.6 Å². The van der Waals surface area contributed by atoms with Gasteiger partial charge in [-0.25, -0.2) is 0 Å². The number of nitrogens with zero attached hydrogens (tertiary/aromatic N) is 1. The molecule has 0 saturated heterocycles. The van der Waals surface area contributed by atoms with Crippen molar-refractivity contribution in [3.05, 3.63) is 12.2 Å². The highest BCUT2D eigenvalue weighted by molar-refractivity contribution is 5.00. The maximum absolute atomic E-state index is 10.3. The van der Waals surface area contributed by atoms with E-state index < -0.39 is 0 Å². The van der Waals surface area contributed by atoms with Crippen LogP contribution in [0.1, 0.15) is 45.4 Å². The van der Waals surface area contributed by atoms with Gasteiger partial charge in [0.05, 0.1) is 6.10 Å². The minimum absolute atomic E-state index is 0.0372. The van der Waals surface area contributed by atoms with E-state index in [1.165, 1.54) is 18.4 Å². The lowest BCUT2D eigenvalue weighted by atomic mass is 9.86. The van der Waals surface area contributed by atoms with Crippen molar-refractivity contribution >= 4 is 0 Å². The van der Waals surface area contributed by atoms with Crippen molar-refractivity contribution in [2.24, 2.45) is 0 Å². The average Bonchev–Trinajstić information content (AvgIpc) is 2.63. The molecule has 1 unspecified atom stereocenters. The van der Waals surface area contributed by atoms with Gasteiger partial charge < -0.3 is 10.0 Å². The fraction of sp³-hybridized carbons (Fsp3) is 0.846. The van der Waals surface area contributed by atoms with E-state index in [-0.39, 0.29) is 11.6 Å². The highest BCUT2D eigenvalue weighted by atomic mass is 16.3. The Bertz CT molecular complexity index is 217. The Morgan fingerprint density at radius 1 is 1.40 bits per heavy atom. The minimum Gasteiger partial charge on any atom is -0.391 e. The molecule has 2 heteroatoms. The first kappa shape index (κ1) is 12.7. The molecule has 1 fully saturated rings. The molecule has 2 nitrogen and oxygen atoms in total. The van der Waals surface area contributed by atoms with Gasteiger partial charge in [-0.2, -0.15) is 0 Å². The van der Waals surface area contributed by atoms with Crippen molar-refractivity contribution in [3.63, 3.8) is 0 Å². The second-order valence-electron chi connectivity index (χ2n) is 5.22. The maximum atomic E-state index is 10.3. The van der Waals surface area contributed by atoms with Crippen molar-refractivity contribution in [3.8, 4) is 0 Å². The van der Waals surface area contributed by atoms with Crippen LogP contribution in [0.5, 0.6) is 0 Å². The molecule has 1 N–H and O–H groups in total. The Labute approximate surface area is 94.0 Å². The Kier molecular flexibility index (Phi) is 4.35. The van der Waals surface area contributed by atoms with Crippen LogP contribution >= 0.6 is 0 Å². The van der Waals surface area contributed by atoms with Gasteiger partial charge in [0.25, 0.3) is 0 Å². The van der Waals surface area contributed by atoms with Gasteiger partial charge in [0, 0.05) is 5.54 Å². The summed E-state index contributed by atoms with van der Waals surface area (Å²) in [6.45, 7) is 5.93. The zero-order valence-electron chi connectivity index (χ0n) is 10.4. The fourth-order valence-corrected chi connectivity index (χ4v) is 2.72.